The summed E-state index contributed by atoms with van der Waals surface area (Å²) in [5.74, 6) is 0. The Labute approximate surface area is 329 Å². The van der Waals surface area contributed by atoms with Crippen LogP contribution in [0, 0.1) is 27.7 Å². The zero-order chi connectivity index (χ0) is 37.1. The molecule has 0 bridgehead atoms. The predicted octanol–water partition coefficient (Wildman–Crippen LogP) is 14.9. The van der Waals surface area contributed by atoms with Crippen molar-refractivity contribution in [3.63, 3.8) is 0 Å². The number of benzene rings is 4. The molecule has 0 saturated carbocycles. The second-order valence-electron chi connectivity index (χ2n) is 19.2. The summed E-state index contributed by atoms with van der Waals surface area (Å²) in [7, 11) is 0. The smallest absolute Gasteiger partial charge is 0 e. The van der Waals surface area contributed by atoms with Gasteiger partial charge in [0.15, 0.2) is 0 Å². The topological polar surface area (TPSA) is 0 Å². The van der Waals surface area contributed by atoms with Crippen LogP contribution in [0.2, 0.25) is 0 Å². The van der Waals surface area contributed by atoms with E-state index >= 15 is 0 Å². The Bertz CT molecular complexity index is 1860. The van der Waals surface area contributed by atoms with Gasteiger partial charge in [0.1, 0.15) is 0 Å². The number of rotatable bonds is 2. The van der Waals surface area contributed by atoms with Crippen molar-refractivity contribution >= 4 is 21.5 Å². The maximum atomic E-state index is 2.39. The van der Waals surface area contributed by atoms with E-state index < -0.39 is 0 Å². The van der Waals surface area contributed by atoms with Gasteiger partial charge in [0.25, 0.3) is 0 Å². The van der Waals surface area contributed by atoms with E-state index in [4.69, 9.17) is 0 Å². The monoisotopic (exact) mass is 842 g/mol. The van der Waals surface area contributed by atoms with Crippen LogP contribution in [0.15, 0.2) is 84.9 Å². The van der Waals surface area contributed by atoms with Gasteiger partial charge in [-0.1, -0.05) is 165 Å². The Morgan fingerprint density at radius 2 is 0.588 bits per heavy atom. The first kappa shape index (κ1) is 40.7. The van der Waals surface area contributed by atoms with E-state index in [1.54, 1.807) is 0 Å². The molecule has 0 nitrogen and oxygen atoms in total. The summed E-state index contributed by atoms with van der Waals surface area (Å²) in [5.41, 5.74) is 17.0. The van der Waals surface area contributed by atoms with Crippen LogP contribution in [0.4, 0.5) is 0 Å². The van der Waals surface area contributed by atoms with Crippen molar-refractivity contribution in [2.45, 2.75) is 132 Å². The first-order chi connectivity index (χ1) is 22.9. The first-order valence-corrected chi connectivity index (χ1v) is 18.6. The summed E-state index contributed by atoms with van der Waals surface area (Å²) in [6.07, 6.45) is 0. The number of hydrogen-bond donors (Lipinski definition) is 0. The fraction of sp³-hybridized carbons (Fsp3) is 0.400. The normalized spacial score (nSPS) is 12.5. The van der Waals surface area contributed by atoms with E-state index in [1.807, 2.05) is 0 Å². The molecule has 0 fully saturated rings. The Morgan fingerprint density at radius 3 is 0.843 bits per heavy atom. The third kappa shape index (κ3) is 9.32. The van der Waals surface area contributed by atoms with Gasteiger partial charge in [-0.15, -0.1) is 69.1 Å². The molecule has 0 amide bonds. The molecule has 51 heavy (non-hydrogen) atoms. The van der Waals surface area contributed by atoms with Crippen molar-refractivity contribution in [3.05, 3.63) is 129 Å². The third-order valence-corrected chi connectivity index (χ3v) is 10.6. The molecule has 0 aromatic heterocycles. The minimum atomic E-state index is 0. The maximum Gasteiger partial charge on any atom is 0 e. The molecule has 6 aromatic carbocycles. The van der Waals surface area contributed by atoms with E-state index in [9.17, 15) is 0 Å². The maximum absolute atomic E-state index is 2.39. The molecule has 268 valence electrons. The van der Waals surface area contributed by atoms with Gasteiger partial charge in [-0.2, -0.15) is 0 Å². The van der Waals surface area contributed by atoms with E-state index in [2.05, 4.69) is 196 Å². The van der Waals surface area contributed by atoms with Gasteiger partial charge in [-0.3, -0.25) is 0 Å². The van der Waals surface area contributed by atoms with E-state index in [-0.39, 0.29) is 47.5 Å². The molecule has 0 saturated heterocycles. The fourth-order valence-corrected chi connectivity index (χ4v) is 6.63. The SMILES string of the molecule is Cc1cc2cc(-c3cc(C(C)(C)C)cc(C(C)(C)C)c3)[cH-]c2cc1C.Cc1cc2cc(-c3cc(C(C)(C)C)cc(C(C)(C)C)c3)[cH-]c2cc1C.[Hf]. The predicted molar refractivity (Wildman–Crippen MR) is 224 cm³/mol. The summed E-state index contributed by atoms with van der Waals surface area (Å²) in [4.78, 5) is 0. The summed E-state index contributed by atoms with van der Waals surface area (Å²) in [5, 5.41) is 5.38. The minimum absolute atomic E-state index is 0. The van der Waals surface area contributed by atoms with Gasteiger partial charge in [-0.25, -0.2) is 0 Å². The van der Waals surface area contributed by atoms with E-state index in [1.165, 1.54) is 88.3 Å². The van der Waals surface area contributed by atoms with Gasteiger partial charge < -0.3 is 0 Å². The molecular formula is C50H62Hf-2. The van der Waals surface area contributed by atoms with E-state index in [0.29, 0.717) is 0 Å². The van der Waals surface area contributed by atoms with Crippen molar-refractivity contribution < 1.29 is 25.8 Å². The summed E-state index contributed by atoms with van der Waals surface area (Å²) in [6.45, 7) is 36.4. The van der Waals surface area contributed by atoms with Crippen LogP contribution in [0.1, 0.15) is 128 Å². The number of hydrogen-bond acceptors (Lipinski definition) is 0. The fourth-order valence-electron chi connectivity index (χ4n) is 6.63. The third-order valence-electron chi connectivity index (χ3n) is 10.6. The Morgan fingerprint density at radius 1 is 0.333 bits per heavy atom. The molecule has 0 atom stereocenters. The summed E-state index contributed by atoms with van der Waals surface area (Å²) >= 11 is 0. The molecule has 6 aromatic rings. The van der Waals surface area contributed by atoms with Crippen molar-refractivity contribution in [1.82, 2.24) is 0 Å². The van der Waals surface area contributed by atoms with Crippen LogP contribution in [0.25, 0.3) is 43.8 Å². The quantitative estimate of drug-likeness (QED) is 0.120. The van der Waals surface area contributed by atoms with Crippen LogP contribution in [0.3, 0.4) is 0 Å². The number of aryl methyl sites for hydroxylation is 4. The van der Waals surface area contributed by atoms with Gasteiger partial charge in [0.2, 0.25) is 0 Å². The summed E-state index contributed by atoms with van der Waals surface area (Å²) < 4.78 is 0. The van der Waals surface area contributed by atoms with Gasteiger partial charge in [-0.05, 0) is 71.6 Å². The number of fused-ring (bicyclic) bond motifs is 2. The van der Waals surface area contributed by atoms with Crippen LogP contribution in [-0.4, -0.2) is 0 Å². The minimum Gasteiger partial charge on any atom is -0.145 e. The van der Waals surface area contributed by atoms with Gasteiger partial charge >= 0.3 is 0 Å². The Hall–Kier alpha value is -3.03. The van der Waals surface area contributed by atoms with Crippen LogP contribution >= 0.6 is 0 Å². The van der Waals surface area contributed by atoms with Crippen LogP contribution in [0.5, 0.6) is 0 Å². The Balaban J connectivity index is 0.000000224. The first-order valence-electron chi connectivity index (χ1n) is 18.6. The molecular weight excluding hydrogens is 779 g/mol. The largest absolute Gasteiger partial charge is 0.145 e. The van der Waals surface area contributed by atoms with Crippen molar-refractivity contribution in [1.29, 1.82) is 0 Å². The average molecular weight is 842 g/mol. The molecule has 0 spiro atoms. The molecule has 0 unspecified atom stereocenters. The van der Waals surface area contributed by atoms with Crippen LogP contribution < -0.4 is 0 Å². The van der Waals surface area contributed by atoms with Gasteiger partial charge in [0, 0.05) is 25.8 Å². The van der Waals surface area contributed by atoms with Crippen molar-refractivity contribution in [2.75, 3.05) is 0 Å². The molecule has 0 aliphatic carbocycles. The van der Waals surface area contributed by atoms with Gasteiger partial charge in [0.05, 0.1) is 0 Å². The van der Waals surface area contributed by atoms with Crippen molar-refractivity contribution in [2.24, 2.45) is 0 Å². The van der Waals surface area contributed by atoms with E-state index in [0.717, 1.165) is 0 Å². The zero-order valence-corrected chi connectivity index (χ0v) is 38.2. The molecule has 0 N–H and O–H groups in total. The van der Waals surface area contributed by atoms with Crippen molar-refractivity contribution in [3.8, 4) is 22.3 Å². The molecule has 0 heterocycles. The molecule has 0 aliphatic rings. The standard InChI is InChI=1S/2C25H31.Hf/c2*1-16-9-18-11-20(12-19(18)10-17(16)2)21-13-22(24(3,4)5)15-23(14-21)25(6,7)8;/h2*9-15H,1-8H3;/q2*-1;. The molecule has 6 rings (SSSR count). The Kier molecular flexibility index (Phi) is 11.5. The average Bonchev–Trinajstić information content (AvgIpc) is 3.59. The van der Waals surface area contributed by atoms with Crippen LogP contribution in [-0.2, 0) is 47.5 Å². The summed E-state index contributed by atoms with van der Waals surface area (Å²) in [6, 6.07) is 32.9. The molecule has 0 radical (unpaired) electrons. The second-order valence-corrected chi connectivity index (χ2v) is 19.2. The molecule has 0 aliphatic heterocycles. The second kappa shape index (κ2) is 14.4. The molecule has 1 heteroatoms. The zero-order valence-electron chi connectivity index (χ0n) is 34.6.